The Morgan fingerprint density at radius 1 is 0.870 bits per heavy atom. The molecule has 3 unspecified atom stereocenters. The molecule has 3 N–H and O–H groups in total. The van der Waals surface area contributed by atoms with E-state index in [0.29, 0.717) is 17.7 Å². The first-order valence-corrected chi connectivity index (χ1v) is 15.7. The van der Waals surface area contributed by atoms with Gasteiger partial charge in [0.2, 0.25) is 5.91 Å². The van der Waals surface area contributed by atoms with Gasteiger partial charge in [0.25, 0.3) is 5.91 Å². The quantitative estimate of drug-likeness (QED) is 0.169. The molecule has 0 saturated carbocycles. The van der Waals surface area contributed by atoms with Crippen molar-refractivity contribution in [3.63, 3.8) is 0 Å². The maximum absolute atomic E-state index is 14.8. The number of amides is 3. The van der Waals surface area contributed by atoms with E-state index in [1.807, 2.05) is 88.4 Å². The zero-order chi connectivity index (χ0) is 33.6. The van der Waals surface area contributed by atoms with Crippen LogP contribution in [0, 0.1) is 13.8 Å². The maximum atomic E-state index is 14.8. The van der Waals surface area contributed by atoms with Gasteiger partial charge in [0.05, 0.1) is 0 Å². The van der Waals surface area contributed by atoms with Crippen LogP contribution >= 0.6 is 0 Å². The van der Waals surface area contributed by atoms with Crippen molar-refractivity contribution in [3.8, 4) is 5.75 Å². The van der Waals surface area contributed by atoms with Crippen LogP contribution in [0.5, 0.6) is 5.75 Å². The van der Waals surface area contributed by atoms with Crippen LogP contribution in [0.1, 0.15) is 69.3 Å². The molecule has 242 valence electrons. The molecule has 0 aliphatic carbocycles. The minimum Gasteiger partial charge on any atom is -0.508 e. The van der Waals surface area contributed by atoms with Gasteiger partial charge in [0.1, 0.15) is 23.4 Å². The molecule has 4 rings (SSSR count). The number of nitrogens with zero attached hydrogens (tertiary/aromatic N) is 1. The summed E-state index contributed by atoms with van der Waals surface area (Å²) in [6.45, 7) is 13.0. The molecule has 0 aliphatic rings. The molecule has 0 heterocycles. The molecule has 8 heteroatoms. The Morgan fingerprint density at radius 3 is 2.11 bits per heavy atom. The molecule has 0 aliphatic heterocycles. The number of phenols is 1. The molecule has 0 saturated heterocycles. The summed E-state index contributed by atoms with van der Waals surface area (Å²) in [6.07, 6.45) is -0.0523. The average Bonchev–Trinajstić information content (AvgIpc) is 2.98. The lowest BCUT2D eigenvalue weighted by Gasteiger charge is -2.38. The number of phenolic OH excluding ortho intramolecular Hbond substituents is 1. The summed E-state index contributed by atoms with van der Waals surface area (Å²) in [4.78, 5) is 43.8. The second-order valence-corrected chi connectivity index (χ2v) is 12.9. The third kappa shape index (κ3) is 8.87. The van der Waals surface area contributed by atoms with E-state index in [4.69, 9.17) is 4.74 Å². The van der Waals surface area contributed by atoms with E-state index < -0.39 is 29.7 Å². The van der Waals surface area contributed by atoms with Crippen LogP contribution in [0.25, 0.3) is 10.8 Å². The summed E-state index contributed by atoms with van der Waals surface area (Å²) in [6, 6.07) is 23.5. The number of carbonyl (C=O) groups excluding carboxylic acids is 3. The fourth-order valence-electron chi connectivity index (χ4n) is 5.58. The van der Waals surface area contributed by atoms with Gasteiger partial charge in [-0.25, -0.2) is 4.79 Å². The van der Waals surface area contributed by atoms with E-state index in [1.165, 1.54) is 12.1 Å². The molecule has 4 aromatic rings. The Bertz CT molecular complexity index is 1670. The highest BCUT2D eigenvalue weighted by molar-refractivity contribution is 6.00. The van der Waals surface area contributed by atoms with Crippen LogP contribution in [-0.2, 0) is 20.7 Å². The van der Waals surface area contributed by atoms with Crippen molar-refractivity contribution in [1.29, 1.82) is 0 Å². The van der Waals surface area contributed by atoms with Crippen LogP contribution in [0.15, 0.2) is 84.9 Å². The van der Waals surface area contributed by atoms with Gasteiger partial charge in [0.15, 0.2) is 0 Å². The first-order chi connectivity index (χ1) is 21.7. The lowest BCUT2D eigenvalue weighted by Crippen LogP contribution is -2.55. The number of hydrogen-bond donors (Lipinski definition) is 3. The number of fused-ring (bicyclic) bond motifs is 1. The summed E-state index contributed by atoms with van der Waals surface area (Å²) >= 11 is 0. The molecule has 3 atom stereocenters. The van der Waals surface area contributed by atoms with Gasteiger partial charge in [0, 0.05) is 18.2 Å². The summed E-state index contributed by atoms with van der Waals surface area (Å²) in [5.41, 5.74) is 3.14. The number of hydrogen-bond acceptors (Lipinski definition) is 5. The smallest absolute Gasteiger partial charge is 0.408 e. The SMILES string of the molecule is CCC(C)N(C(=O)C(Cc1ccc(O)cc1)NC(=O)OC(C)(C)C)C(C(=O)Nc1ccc2ccccc2c1)c1cc(C)cc(C)c1. The third-order valence-electron chi connectivity index (χ3n) is 7.79. The number of rotatable bonds is 10. The Morgan fingerprint density at radius 2 is 1.50 bits per heavy atom. The number of aromatic hydroxyl groups is 1. The Hall–Kier alpha value is -4.85. The monoisotopic (exact) mass is 623 g/mol. The number of aryl methyl sites for hydroxylation is 2. The number of nitrogens with one attached hydrogen (secondary N) is 2. The van der Waals surface area contributed by atoms with E-state index >= 15 is 0 Å². The number of anilines is 1. The highest BCUT2D eigenvalue weighted by Gasteiger charge is 2.39. The van der Waals surface area contributed by atoms with Crippen molar-refractivity contribution in [2.75, 3.05) is 5.32 Å². The van der Waals surface area contributed by atoms with Gasteiger partial charge in [-0.1, -0.05) is 78.7 Å². The Kier molecular flexibility index (Phi) is 10.7. The molecule has 0 fully saturated rings. The molecule has 8 nitrogen and oxygen atoms in total. The van der Waals surface area contributed by atoms with Gasteiger partial charge in [-0.05, 0) is 94.1 Å². The number of alkyl carbamates (subject to hydrolysis) is 1. The second kappa shape index (κ2) is 14.5. The summed E-state index contributed by atoms with van der Waals surface area (Å²) < 4.78 is 5.54. The number of ether oxygens (including phenoxy) is 1. The van der Waals surface area contributed by atoms with Crippen molar-refractivity contribution in [2.45, 2.75) is 85.0 Å². The van der Waals surface area contributed by atoms with Gasteiger partial charge in [-0.2, -0.15) is 0 Å². The Balaban J connectivity index is 1.79. The molecule has 0 radical (unpaired) electrons. The molecular formula is C38H45N3O5. The van der Waals surface area contributed by atoms with Crippen LogP contribution in [0.3, 0.4) is 0 Å². The van der Waals surface area contributed by atoms with Gasteiger partial charge in [-0.15, -0.1) is 0 Å². The fourth-order valence-corrected chi connectivity index (χ4v) is 5.58. The van der Waals surface area contributed by atoms with E-state index in [1.54, 1.807) is 37.8 Å². The molecule has 0 bridgehead atoms. The van der Waals surface area contributed by atoms with Crippen LogP contribution in [0.4, 0.5) is 10.5 Å². The van der Waals surface area contributed by atoms with Crippen LogP contribution in [-0.4, -0.2) is 45.6 Å². The van der Waals surface area contributed by atoms with Gasteiger partial charge in [-0.3, -0.25) is 9.59 Å². The second-order valence-electron chi connectivity index (χ2n) is 12.9. The predicted molar refractivity (Wildman–Crippen MR) is 183 cm³/mol. The molecule has 4 aromatic carbocycles. The third-order valence-corrected chi connectivity index (χ3v) is 7.79. The van der Waals surface area contributed by atoms with E-state index in [2.05, 4.69) is 10.6 Å². The molecule has 3 amide bonds. The highest BCUT2D eigenvalue weighted by Crippen LogP contribution is 2.30. The minimum absolute atomic E-state index is 0.0909. The number of benzene rings is 4. The van der Waals surface area contributed by atoms with Crippen molar-refractivity contribution in [3.05, 3.63) is 107 Å². The minimum atomic E-state index is -1.06. The number of carbonyl (C=O) groups is 3. The summed E-state index contributed by atoms with van der Waals surface area (Å²) in [5.74, 6) is -0.700. The zero-order valence-electron chi connectivity index (χ0n) is 27.8. The van der Waals surface area contributed by atoms with E-state index in [9.17, 15) is 19.5 Å². The summed E-state index contributed by atoms with van der Waals surface area (Å²) in [5, 5.41) is 17.7. The fraction of sp³-hybridized carbons (Fsp3) is 0.342. The van der Waals surface area contributed by atoms with E-state index in [0.717, 1.165) is 27.5 Å². The maximum Gasteiger partial charge on any atom is 0.408 e. The van der Waals surface area contributed by atoms with Crippen LogP contribution in [0.2, 0.25) is 0 Å². The Labute approximate surface area is 271 Å². The van der Waals surface area contributed by atoms with Crippen molar-refractivity contribution in [1.82, 2.24) is 10.2 Å². The topological polar surface area (TPSA) is 108 Å². The molecule has 0 spiro atoms. The van der Waals surface area contributed by atoms with E-state index in [-0.39, 0.29) is 24.1 Å². The van der Waals surface area contributed by atoms with Crippen molar-refractivity contribution in [2.24, 2.45) is 0 Å². The summed E-state index contributed by atoms with van der Waals surface area (Å²) in [7, 11) is 0. The zero-order valence-corrected chi connectivity index (χ0v) is 27.8. The van der Waals surface area contributed by atoms with Crippen LogP contribution < -0.4 is 10.6 Å². The average molecular weight is 624 g/mol. The lowest BCUT2D eigenvalue weighted by molar-refractivity contribution is -0.143. The van der Waals surface area contributed by atoms with Crippen molar-refractivity contribution >= 4 is 34.4 Å². The standard InChI is InChI=1S/C38H45N3O5/c1-8-26(4)41(36(44)33(40-37(45)46-38(5,6)7)22-27-13-17-32(42)18-14-27)34(30-20-24(2)19-25(3)21-30)35(43)39-31-16-15-28-11-9-10-12-29(28)23-31/h9-21,23,26,33-34,42H,8,22H2,1-7H3,(H,39,43)(H,40,45). The van der Waals surface area contributed by atoms with Crippen molar-refractivity contribution < 1.29 is 24.2 Å². The van der Waals surface area contributed by atoms with Gasteiger partial charge >= 0.3 is 6.09 Å². The molecule has 46 heavy (non-hydrogen) atoms. The predicted octanol–water partition coefficient (Wildman–Crippen LogP) is 7.61. The molecule has 0 aromatic heterocycles. The first kappa shape index (κ1) is 34.0. The normalized spacial score (nSPS) is 13.4. The van der Waals surface area contributed by atoms with Gasteiger partial charge < -0.3 is 25.4 Å². The first-order valence-electron chi connectivity index (χ1n) is 15.7. The lowest BCUT2D eigenvalue weighted by atomic mass is 9.95. The molecular weight excluding hydrogens is 578 g/mol. The highest BCUT2D eigenvalue weighted by atomic mass is 16.6. The largest absolute Gasteiger partial charge is 0.508 e.